The summed E-state index contributed by atoms with van der Waals surface area (Å²) in [5.41, 5.74) is 4.80. The molecule has 0 saturated heterocycles. The average Bonchev–Trinajstić information content (AvgIpc) is 3.30. The summed E-state index contributed by atoms with van der Waals surface area (Å²) in [6.45, 7) is 9.79. The summed E-state index contributed by atoms with van der Waals surface area (Å²) < 4.78 is 16.4. The molecule has 0 bridgehead atoms. The highest BCUT2D eigenvalue weighted by molar-refractivity contribution is 6.07. The molecule has 0 unspecified atom stereocenters. The largest absolute Gasteiger partial charge is 0.491 e. The standard InChI is InChI=1S/C23H23N3O4/c1-12(2)28-17-9-7-16(8-10-17)19-22(26-30-25-19)24-23(27)21-15(5)18-11-6-13(3)14(4)20(18)29-21/h6-12H,1-5H3,(H,24,26,27). The summed E-state index contributed by atoms with van der Waals surface area (Å²) >= 11 is 0. The molecule has 0 aliphatic heterocycles. The van der Waals surface area contributed by atoms with Gasteiger partial charge in [0.25, 0.3) is 5.91 Å². The Balaban J connectivity index is 1.61. The normalized spacial score (nSPS) is 11.3. The minimum atomic E-state index is -0.405. The van der Waals surface area contributed by atoms with E-state index in [-0.39, 0.29) is 17.7 Å². The first-order valence-corrected chi connectivity index (χ1v) is 9.75. The van der Waals surface area contributed by atoms with Gasteiger partial charge in [0.2, 0.25) is 5.82 Å². The van der Waals surface area contributed by atoms with E-state index in [9.17, 15) is 4.79 Å². The first-order chi connectivity index (χ1) is 14.3. The number of carbonyl (C=O) groups excluding carboxylic acids is 1. The average molecular weight is 405 g/mol. The summed E-state index contributed by atoms with van der Waals surface area (Å²) in [5, 5.41) is 11.5. The van der Waals surface area contributed by atoms with Crippen LogP contribution in [0.3, 0.4) is 0 Å². The van der Waals surface area contributed by atoms with Gasteiger partial charge >= 0.3 is 0 Å². The van der Waals surface area contributed by atoms with Crippen molar-refractivity contribution >= 4 is 22.7 Å². The number of anilines is 1. The number of nitrogens with zero attached hydrogens (tertiary/aromatic N) is 2. The summed E-state index contributed by atoms with van der Waals surface area (Å²) in [6.07, 6.45) is 0.0823. The van der Waals surface area contributed by atoms with Gasteiger partial charge in [-0.2, -0.15) is 0 Å². The second-order valence-corrected chi connectivity index (χ2v) is 7.55. The first-order valence-electron chi connectivity index (χ1n) is 9.75. The van der Waals surface area contributed by atoms with E-state index in [1.165, 1.54) is 0 Å². The van der Waals surface area contributed by atoms with Gasteiger partial charge in [-0.25, -0.2) is 4.63 Å². The molecule has 7 heteroatoms. The maximum atomic E-state index is 12.9. The molecule has 0 spiro atoms. The summed E-state index contributed by atoms with van der Waals surface area (Å²) in [7, 11) is 0. The fourth-order valence-electron chi connectivity index (χ4n) is 3.32. The Hall–Kier alpha value is -3.61. The topological polar surface area (TPSA) is 90.4 Å². The zero-order valence-electron chi connectivity index (χ0n) is 17.6. The third-order valence-corrected chi connectivity index (χ3v) is 5.05. The number of furan rings is 1. The van der Waals surface area contributed by atoms with Crippen molar-refractivity contribution in [2.24, 2.45) is 0 Å². The number of benzene rings is 2. The van der Waals surface area contributed by atoms with E-state index < -0.39 is 5.91 Å². The minimum absolute atomic E-state index is 0.0823. The third-order valence-electron chi connectivity index (χ3n) is 5.05. The monoisotopic (exact) mass is 405 g/mol. The minimum Gasteiger partial charge on any atom is -0.491 e. The molecule has 7 nitrogen and oxygen atoms in total. The van der Waals surface area contributed by atoms with E-state index in [4.69, 9.17) is 13.8 Å². The highest BCUT2D eigenvalue weighted by Gasteiger charge is 2.22. The van der Waals surface area contributed by atoms with Crippen molar-refractivity contribution < 1.29 is 18.6 Å². The van der Waals surface area contributed by atoms with Crippen LogP contribution in [0, 0.1) is 20.8 Å². The van der Waals surface area contributed by atoms with Crippen LogP contribution in [-0.4, -0.2) is 22.3 Å². The van der Waals surface area contributed by atoms with E-state index in [1.807, 2.05) is 71.0 Å². The maximum Gasteiger partial charge on any atom is 0.292 e. The van der Waals surface area contributed by atoms with E-state index in [0.29, 0.717) is 5.69 Å². The van der Waals surface area contributed by atoms with Gasteiger partial charge in [-0.15, -0.1) is 0 Å². The number of aromatic nitrogens is 2. The van der Waals surface area contributed by atoms with Crippen molar-refractivity contribution in [1.29, 1.82) is 0 Å². The molecule has 0 fully saturated rings. The second-order valence-electron chi connectivity index (χ2n) is 7.55. The molecule has 2 aromatic heterocycles. The number of aryl methyl sites for hydroxylation is 3. The molecule has 2 heterocycles. The number of ether oxygens (including phenoxy) is 1. The Bertz CT molecular complexity index is 1220. The number of nitrogens with one attached hydrogen (secondary N) is 1. The first kappa shape index (κ1) is 19.7. The molecule has 30 heavy (non-hydrogen) atoms. The quantitative estimate of drug-likeness (QED) is 0.475. The molecule has 1 N–H and O–H groups in total. The lowest BCUT2D eigenvalue weighted by molar-refractivity contribution is 0.0997. The Morgan fingerprint density at radius 3 is 2.43 bits per heavy atom. The zero-order valence-corrected chi connectivity index (χ0v) is 17.6. The lowest BCUT2D eigenvalue weighted by atomic mass is 10.0. The van der Waals surface area contributed by atoms with Crippen molar-refractivity contribution in [3.8, 4) is 17.0 Å². The second kappa shape index (κ2) is 7.67. The Labute approximate surface area is 174 Å². The van der Waals surface area contributed by atoms with Crippen LogP contribution in [0.15, 0.2) is 45.4 Å². The molecule has 0 aliphatic rings. The van der Waals surface area contributed by atoms with Gasteiger partial charge in [0.05, 0.1) is 6.10 Å². The van der Waals surface area contributed by atoms with E-state index in [1.54, 1.807) is 0 Å². The Morgan fingerprint density at radius 2 is 1.73 bits per heavy atom. The predicted octanol–water partition coefficient (Wildman–Crippen LogP) is 5.45. The lowest BCUT2D eigenvalue weighted by Crippen LogP contribution is -2.13. The smallest absolute Gasteiger partial charge is 0.292 e. The molecule has 2 aromatic carbocycles. The number of carbonyl (C=O) groups is 1. The number of hydrogen-bond donors (Lipinski definition) is 1. The number of hydrogen-bond acceptors (Lipinski definition) is 6. The van der Waals surface area contributed by atoms with Gasteiger partial charge < -0.3 is 9.15 Å². The highest BCUT2D eigenvalue weighted by Crippen LogP contribution is 2.31. The molecule has 0 radical (unpaired) electrons. The van der Waals surface area contributed by atoms with Crippen molar-refractivity contribution in [3.05, 3.63) is 58.8 Å². The lowest BCUT2D eigenvalue weighted by Gasteiger charge is -2.09. The van der Waals surface area contributed by atoms with Crippen molar-refractivity contribution in [2.45, 2.75) is 40.7 Å². The fraction of sp³-hybridized carbons (Fsp3) is 0.261. The molecule has 4 aromatic rings. The summed E-state index contributed by atoms with van der Waals surface area (Å²) in [6, 6.07) is 11.3. The molecule has 0 aliphatic carbocycles. The van der Waals surface area contributed by atoms with Crippen molar-refractivity contribution in [2.75, 3.05) is 5.32 Å². The van der Waals surface area contributed by atoms with Gasteiger partial charge in [-0.1, -0.05) is 12.1 Å². The van der Waals surface area contributed by atoms with Crippen LogP contribution in [0.5, 0.6) is 5.75 Å². The van der Waals surface area contributed by atoms with Gasteiger partial charge in [0, 0.05) is 16.5 Å². The van der Waals surface area contributed by atoms with Crippen LogP contribution in [0.4, 0.5) is 5.82 Å². The highest BCUT2D eigenvalue weighted by atomic mass is 16.6. The van der Waals surface area contributed by atoms with Crippen LogP contribution in [0.2, 0.25) is 0 Å². The number of fused-ring (bicyclic) bond motifs is 1. The van der Waals surface area contributed by atoms with Gasteiger partial charge in [0.15, 0.2) is 11.5 Å². The number of amides is 1. The predicted molar refractivity (Wildman–Crippen MR) is 114 cm³/mol. The fourth-order valence-corrected chi connectivity index (χ4v) is 3.32. The van der Waals surface area contributed by atoms with Crippen LogP contribution in [0.25, 0.3) is 22.2 Å². The Morgan fingerprint density at radius 1 is 1.00 bits per heavy atom. The van der Waals surface area contributed by atoms with Crippen molar-refractivity contribution in [3.63, 3.8) is 0 Å². The van der Waals surface area contributed by atoms with Gasteiger partial charge in [-0.05, 0) is 80.3 Å². The SMILES string of the molecule is Cc1ccc2c(C)c(C(=O)Nc3nonc3-c3ccc(OC(C)C)cc3)oc2c1C. The Kier molecular flexibility index (Phi) is 5.03. The number of rotatable bonds is 5. The maximum absolute atomic E-state index is 12.9. The van der Waals surface area contributed by atoms with Crippen molar-refractivity contribution in [1.82, 2.24) is 10.3 Å². The molecular formula is C23H23N3O4. The summed E-state index contributed by atoms with van der Waals surface area (Å²) in [5.74, 6) is 0.815. The third kappa shape index (κ3) is 3.54. The molecule has 0 atom stereocenters. The molecule has 4 rings (SSSR count). The molecule has 1 amide bonds. The van der Waals surface area contributed by atoms with Crippen LogP contribution < -0.4 is 10.1 Å². The zero-order chi connectivity index (χ0) is 21.4. The van der Waals surface area contributed by atoms with Crippen LogP contribution >= 0.6 is 0 Å². The van der Waals surface area contributed by atoms with Crippen LogP contribution in [-0.2, 0) is 0 Å². The van der Waals surface area contributed by atoms with Gasteiger partial charge in [-0.3, -0.25) is 10.1 Å². The molecular weight excluding hydrogens is 382 g/mol. The van der Waals surface area contributed by atoms with Gasteiger partial charge in [0.1, 0.15) is 11.3 Å². The van der Waals surface area contributed by atoms with E-state index >= 15 is 0 Å². The molecule has 0 saturated carbocycles. The molecule has 154 valence electrons. The van der Waals surface area contributed by atoms with Crippen LogP contribution in [0.1, 0.15) is 41.1 Å². The summed E-state index contributed by atoms with van der Waals surface area (Å²) in [4.78, 5) is 12.9. The van der Waals surface area contributed by atoms with E-state index in [2.05, 4.69) is 15.6 Å². The van der Waals surface area contributed by atoms with E-state index in [0.717, 1.165) is 39.0 Å².